The Labute approximate surface area is 180 Å². The Bertz CT molecular complexity index is 1150. The molecule has 1 aromatic heterocycles. The molecular weight excluding hydrogens is 424 g/mol. The second-order valence-electron chi connectivity index (χ2n) is 7.89. The second kappa shape index (κ2) is 9.15. The zero-order valence-electron chi connectivity index (χ0n) is 17.8. The van der Waals surface area contributed by atoms with Gasteiger partial charge < -0.3 is 9.64 Å². The van der Waals surface area contributed by atoms with Crippen LogP contribution in [-0.2, 0) is 26.1 Å². The summed E-state index contributed by atoms with van der Waals surface area (Å²) in [4.78, 5) is 39.3. The van der Waals surface area contributed by atoms with E-state index in [0.29, 0.717) is 17.3 Å². The number of piperazine rings is 1. The van der Waals surface area contributed by atoms with Gasteiger partial charge in [-0.15, -0.1) is 0 Å². The van der Waals surface area contributed by atoms with Gasteiger partial charge in [0.15, 0.2) is 12.3 Å². The summed E-state index contributed by atoms with van der Waals surface area (Å²) >= 11 is 0. The smallest absolute Gasteiger partial charge is 0.359 e. The summed E-state index contributed by atoms with van der Waals surface area (Å²) in [7, 11) is -3.30. The highest BCUT2D eigenvalue weighted by Gasteiger charge is 2.27. The molecule has 10 nitrogen and oxygen atoms in total. The number of benzene rings is 1. The van der Waals surface area contributed by atoms with E-state index in [0.717, 1.165) is 6.26 Å². The van der Waals surface area contributed by atoms with Gasteiger partial charge in [-0.05, 0) is 12.0 Å². The SMILES string of the molecule is CC(C)Cn1nc(C(=O)OCC(=O)N2CCN(S(C)(=O)=O)CC2)c2ccccc2c1=O. The Morgan fingerprint density at radius 2 is 1.71 bits per heavy atom. The van der Waals surface area contributed by atoms with Crippen molar-refractivity contribution in [2.24, 2.45) is 5.92 Å². The lowest BCUT2D eigenvalue weighted by Gasteiger charge is -2.33. The molecule has 0 aliphatic carbocycles. The van der Waals surface area contributed by atoms with E-state index >= 15 is 0 Å². The predicted molar refractivity (Wildman–Crippen MR) is 114 cm³/mol. The van der Waals surface area contributed by atoms with Crippen molar-refractivity contribution < 1.29 is 22.7 Å². The largest absolute Gasteiger partial charge is 0.451 e. The minimum Gasteiger partial charge on any atom is -0.451 e. The number of hydrogen-bond donors (Lipinski definition) is 0. The number of carbonyl (C=O) groups is 2. The fourth-order valence-electron chi connectivity index (χ4n) is 3.41. The van der Waals surface area contributed by atoms with Crippen molar-refractivity contribution in [1.82, 2.24) is 19.0 Å². The maximum absolute atomic E-state index is 12.7. The minimum absolute atomic E-state index is 0.0226. The maximum Gasteiger partial charge on any atom is 0.359 e. The number of sulfonamides is 1. The van der Waals surface area contributed by atoms with E-state index in [9.17, 15) is 22.8 Å². The monoisotopic (exact) mass is 450 g/mol. The van der Waals surface area contributed by atoms with Gasteiger partial charge in [0, 0.05) is 38.1 Å². The Morgan fingerprint density at radius 1 is 1.10 bits per heavy atom. The van der Waals surface area contributed by atoms with E-state index in [1.807, 2.05) is 13.8 Å². The number of fused-ring (bicyclic) bond motifs is 1. The normalized spacial score (nSPS) is 15.4. The van der Waals surface area contributed by atoms with Crippen LogP contribution in [-0.4, -0.2) is 78.3 Å². The number of hydrogen-bond acceptors (Lipinski definition) is 7. The van der Waals surface area contributed by atoms with E-state index in [1.165, 1.54) is 13.9 Å². The highest BCUT2D eigenvalue weighted by molar-refractivity contribution is 7.88. The molecule has 0 spiro atoms. The van der Waals surface area contributed by atoms with Gasteiger partial charge >= 0.3 is 5.97 Å². The topological polar surface area (TPSA) is 119 Å². The zero-order valence-corrected chi connectivity index (χ0v) is 18.6. The molecular formula is C20H26N4O6S. The van der Waals surface area contributed by atoms with Crippen molar-refractivity contribution in [1.29, 1.82) is 0 Å². The van der Waals surface area contributed by atoms with Gasteiger partial charge in [0.1, 0.15) is 0 Å². The average Bonchev–Trinajstić information content (AvgIpc) is 2.73. The van der Waals surface area contributed by atoms with E-state index in [4.69, 9.17) is 4.74 Å². The van der Waals surface area contributed by atoms with Crippen molar-refractivity contribution in [3.8, 4) is 0 Å². The van der Waals surface area contributed by atoms with E-state index in [-0.39, 0.29) is 43.4 Å². The molecule has 31 heavy (non-hydrogen) atoms. The van der Waals surface area contributed by atoms with Crippen LogP contribution in [0, 0.1) is 5.92 Å². The number of aromatic nitrogens is 2. The first kappa shape index (κ1) is 22.9. The molecule has 1 amide bonds. The van der Waals surface area contributed by atoms with Gasteiger partial charge in [-0.3, -0.25) is 9.59 Å². The van der Waals surface area contributed by atoms with Crippen molar-refractivity contribution in [2.75, 3.05) is 39.0 Å². The molecule has 0 atom stereocenters. The first-order valence-corrected chi connectivity index (χ1v) is 11.8. The van der Waals surface area contributed by atoms with Crippen LogP contribution in [0.5, 0.6) is 0 Å². The van der Waals surface area contributed by atoms with Crippen LogP contribution in [0.4, 0.5) is 0 Å². The first-order chi connectivity index (χ1) is 14.6. The van der Waals surface area contributed by atoms with E-state index in [2.05, 4.69) is 5.10 Å². The molecule has 1 fully saturated rings. The zero-order chi connectivity index (χ0) is 22.8. The van der Waals surface area contributed by atoms with Crippen molar-refractivity contribution in [3.63, 3.8) is 0 Å². The minimum atomic E-state index is -3.30. The Morgan fingerprint density at radius 3 is 2.29 bits per heavy atom. The van der Waals surface area contributed by atoms with Crippen molar-refractivity contribution >= 4 is 32.7 Å². The van der Waals surface area contributed by atoms with Gasteiger partial charge in [0.2, 0.25) is 10.0 Å². The third-order valence-corrected chi connectivity index (χ3v) is 6.29. The lowest BCUT2D eigenvalue weighted by atomic mass is 10.1. The molecule has 11 heteroatoms. The van der Waals surface area contributed by atoms with Crippen LogP contribution in [0.15, 0.2) is 29.1 Å². The third-order valence-electron chi connectivity index (χ3n) is 4.99. The summed E-state index contributed by atoms with van der Waals surface area (Å²) in [5.41, 5.74) is -0.314. The summed E-state index contributed by atoms with van der Waals surface area (Å²) in [6.07, 6.45) is 1.13. The van der Waals surface area contributed by atoms with Gasteiger partial charge in [-0.2, -0.15) is 9.40 Å². The number of ether oxygens (including phenoxy) is 1. The fourth-order valence-corrected chi connectivity index (χ4v) is 4.24. The summed E-state index contributed by atoms with van der Waals surface area (Å²) in [5.74, 6) is -1.07. The molecule has 3 rings (SSSR count). The number of rotatable bonds is 6. The highest BCUT2D eigenvalue weighted by atomic mass is 32.2. The van der Waals surface area contributed by atoms with Crippen LogP contribution in [0.3, 0.4) is 0 Å². The molecule has 1 saturated heterocycles. The van der Waals surface area contributed by atoms with E-state index < -0.39 is 28.5 Å². The molecule has 0 saturated carbocycles. The van der Waals surface area contributed by atoms with Crippen LogP contribution in [0.1, 0.15) is 24.3 Å². The number of esters is 1. The molecule has 1 aliphatic heterocycles. The predicted octanol–water partition coefficient (Wildman–Crippen LogP) is 0.313. The van der Waals surface area contributed by atoms with Crippen molar-refractivity contribution in [2.45, 2.75) is 20.4 Å². The number of carbonyl (C=O) groups excluding carboxylic acids is 2. The maximum atomic E-state index is 12.7. The van der Waals surface area contributed by atoms with Gasteiger partial charge in [0.05, 0.1) is 11.6 Å². The van der Waals surface area contributed by atoms with E-state index in [1.54, 1.807) is 24.3 Å². The van der Waals surface area contributed by atoms with Crippen LogP contribution < -0.4 is 5.56 Å². The molecule has 0 N–H and O–H groups in total. The Hall–Kier alpha value is -2.79. The first-order valence-electron chi connectivity index (χ1n) is 9.98. The van der Waals surface area contributed by atoms with Gasteiger partial charge in [-0.25, -0.2) is 17.9 Å². The van der Waals surface area contributed by atoms with Crippen molar-refractivity contribution in [3.05, 3.63) is 40.3 Å². The third kappa shape index (κ3) is 5.28. The summed E-state index contributed by atoms with van der Waals surface area (Å²) in [6, 6.07) is 6.64. The number of amides is 1. The highest BCUT2D eigenvalue weighted by Crippen LogP contribution is 2.15. The molecule has 0 bridgehead atoms. The quantitative estimate of drug-likeness (QED) is 0.581. The summed E-state index contributed by atoms with van der Waals surface area (Å²) in [6.45, 7) is 4.57. The lowest BCUT2D eigenvalue weighted by molar-refractivity contribution is -0.135. The Kier molecular flexibility index (Phi) is 6.75. The molecule has 0 radical (unpaired) electrons. The van der Waals surface area contributed by atoms with Gasteiger partial charge in [-0.1, -0.05) is 32.0 Å². The average molecular weight is 451 g/mol. The summed E-state index contributed by atoms with van der Waals surface area (Å²) in [5, 5.41) is 4.92. The Balaban J connectivity index is 1.73. The molecule has 168 valence electrons. The molecule has 1 aromatic carbocycles. The standard InChI is InChI=1S/C20H26N4O6S/c1-14(2)12-24-19(26)16-7-5-4-6-15(16)18(21-24)20(27)30-13-17(25)22-8-10-23(11-9-22)31(3,28)29/h4-7,14H,8-13H2,1-3H3. The molecule has 0 unspecified atom stereocenters. The molecule has 2 heterocycles. The second-order valence-corrected chi connectivity index (χ2v) is 9.88. The number of nitrogens with zero attached hydrogens (tertiary/aromatic N) is 4. The summed E-state index contributed by atoms with van der Waals surface area (Å²) < 4.78 is 30.9. The van der Waals surface area contributed by atoms with Crippen LogP contribution in [0.2, 0.25) is 0 Å². The fraction of sp³-hybridized carbons (Fsp3) is 0.500. The van der Waals surface area contributed by atoms with Crippen LogP contribution in [0.25, 0.3) is 10.8 Å². The lowest BCUT2D eigenvalue weighted by Crippen LogP contribution is -2.51. The van der Waals surface area contributed by atoms with Gasteiger partial charge in [0.25, 0.3) is 11.5 Å². The van der Waals surface area contributed by atoms with Crippen LogP contribution >= 0.6 is 0 Å². The molecule has 2 aromatic rings. The molecule has 1 aliphatic rings.